The molecule has 1 saturated heterocycles. The van der Waals surface area contributed by atoms with E-state index in [4.69, 9.17) is 21.1 Å². The number of phenols is 1. The van der Waals surface area contributed by atoms with E-state index in [0.717, 1.165) is 24.2 Å². The molecule has 37 heavy (non-hydrogen) atoms. The van der Waals surface area contributed by atoms with Gasteiger partial charge in [-0.2, -0.15) is 0 Å². The average Bonchev–Trinajstić information content (AvgIpc) is 3.30. The number of phenolic OH excluding ortho intramolecular Hbond substituents is 1. The predicted octanol–water partition coefficient (Wildman–Crippen LogP) is 4.40. The van der Waals surface area contributed by atoms with Gasteiger partial charge in [-0.25, -0.2) is 0 Å². The summed E-state index contributed by atoms with van der Waals surface area (Å²) in [5.74, 6) is 0.731. The third-order valence-corrected chi connectivity index (χ3v) is 6.64. The number of amides is 1. The van der Waals surface area contributed by atoms with E-state index in [1.165, 1.54) is 0 Å². The minimum Gasteiger partial charge on any atom is -0.507 e. The number of rotatable bonds is 8. The van der Waals surface area contributed by atoms with Gasteiger partial charge in [0, 0.05) is 36.8 Å². The lowest BCUT2D eigenvalue weighted by atomic mass is 9.98. The summed E-state index contributed by atoms with van der Waals surface area (Å²) in [5, 5.41) is 22.9. The minimum absolute atomic E-state index is 0.0271. The molecule has 10 heteroatoms. The normalized spacial score (nSPS) is 14.4. The number of benzene rings is 2. The first-order valence-electron chi connectivity index (χ1n) is 12.5. The molecule has 0 atom stereocenters. The van der Waals surface area contributed by atoms with Gasteiger partial charge < -0.3 is 19.9 Å². The first-order valence-corrected chi connectivity index (χ1v) is 12.8. The van der Waals surface area contributed by atoms with Gasteiger partial charge in [-0.3, -0.25) is 14.3 Å². The van der Waals surface area contributed by atoms with E-state index in [-0.39, 0.29) is 29.4 Å². The molecule has 0 bridgehead atoms. The number of carbonyl (C=O) groups excluding carboxylic acids is 1. The Labute approximate surface area is 222 Å². The molecule has 0 unspecified atom stereocenters. The largest absolute Gasteiger partial charge is 0.507 e. The summed E-state index contributed by atoms with van der Waals surface area (Å²) in [6, 6.07) is 8.95. The molecule has 1 aliphatic rings. The Morgan fingerprint density at radius 2 is 1.89 bits per heavy atom. The highest BCUT2D eigenvalue weighted by atomic mass is 35.5. The van der Waals surface area contributed by atoms with Crippen LogP contribution in [0.2, 0.25) is 5.02 Å². The van der Waals surface area contributed by atoms with E-state index in [2.05, 4.69) is 20.4 Å². The Morgan fingerprint density at radius 3 is 2.51 bits per heavy atom. The van der Waals surface area contributed by atoms with Gasteiger partial charge in [0.05, 0.1) is 31.6 Å². The van der Waals surface area contributed by atoms with Crippen LogP contribution < -0.4 is 10.1 Å². The Bertz CT molecular complexity index is 1270. The fraction of sp³-hybridized carbons (Fsp3) is 0.444. The SMILES string of the molecule is COc1cc(O)c(-c2nnc(C(=O)NC(C)C)n2-c2ccc(CN3CCOCC3)c(Cl)c2)cc1C(C)C. The molecule has 2 heterocycles. The van der Waals surface area contributed by atoms with Crippen LogP contribution >= 0.6 is 11.6 Å². The van der Waals surface area contributed by atoms with Crippen molar-refractivity contribution in [1.82, 2.24) is 25.0 Å². The first-order chi connectivity index (χ1) is 17.7. The Morgan fingerprint density at radius 1 is 1.16 bits per heavy atom. The van der Waals surface area contributed by atoms with E-state index < -0.39 is 0 Å². The van der Waals surface area contributed by atoms with Crippen LogP contribution in [-0.2, 0) is 11.3 Å². The zero-order valence-electron chi connectivity index (χ0n) is 21.9. The number of hydrogen-bond acceptors (Lipinski definition) is 7. The third kappa shape index (κ3) is 5.89. The van der Waals surface area contributed by atoms with Crippen molar-refractivity contribution in [2.45, 2.75) is 46.2 Å². The molecule has 1 aliphatic heterocycles. The summed E-state index contributed by atoms with van der Waals surface area (Å²) in [4.78, 5) is 15.4. The van der Waals surface area contributed by atoms with Gasteiger partial charge in [0.2, 0.25) is 5.82 Å². The Kier molecular flexibility index (Phi) is 8.36. The van der Waals surface area contributed by atoms with E-state index >= 15 is 0 Å². The molecule has 4 rings (SSSR count). The van der Waals surface area contributed by atoms with E-state index in [1.807, 2.05) is 45.9 Å². The molecule has 0 saturated carbocycles. The molecule has 1 fully saturated rings. The van der Waals surface area contributed by atoms with Gasteiger partial charge in [-0.1, -0.05) is 31.5 Å². The van der Waals surface area contributed by atoms with Gasteiger partial charge in [0.25, 0.3) is 5.91 Å². The Hall–Kier alpha value is -3.14. The maximum atomic E-state index is 13.1. The van der Waals surface area contributed by atoms with E-state index in [9.17, 15) is 9.90 Å². The molecule has 2 N–H and O–H groups in total. The van der Waals surface area contributed by atoms with Gasteiger partial charge in [0.15, 0.2) is 5.82 Å². The van der Waals surface area contributed by atoms with Crippen LogP contribution in [0, 0.1) is 0 Å². The van der Waals surface area contributed by atoms with Crippen LogP contribution in [0.25, 0.3) is 17.1 Å². The van der Waals surface area contributed by atoms with Crippen molar-refractivity contribution in [3.05, 3.63) is 52.3 Å². The molecule has 0 radical (unpaired) electrons. The van der Waals surface area contributed by atoms with Crippen LogP contribution in [0.1, 0.15) is 55.4 Å². The number of carbonyl (C=O) groups is 1. The number of ether oxygens (including phenoxy) is 2. The van der Waals surface area contributed by atoms with Crippen molar-refractivity contribution < 1.29 is 19.4 Å². The molecular weight excluding hydrogens is 494 g/mol. The zero-order valence-corrected chi connectivity index (χ0v) is 22.7. The summed E-state index contributed by atoms with van der Waals surface area (Å²) in [6.45, 7) is 11.6. The molecule has 0 aliphatic carbocycles. The molecule has 1 amide bonds. The van der Waals surface area contributed by atoms with Crippen LogP contribution in [0.15, 0.2) is 30.3 Å². The second-order valence-corrected chi connectivity index (χ2v) is 10.1. The zero-order chi connectivity index (χ0) is 26.7. The fourth-order valence-electron chi connectivity index (χ4n) is 4.37. The van der Waals surface area contributed by atoms with Crippen LogP contribution in [0.5, 0.6) is 11.5 Å². The summed E-state index contributed by atoms with van der Waals surface area (Å²) >= 11 is 6.74. The number of hydrogen-bond donors (Lipinski definition) is 2. The van der Waals surface area contributed by atoms with Crippen molar-refractivity contribution in [3.8, 4) is 28.6 Å². The number of methoxy groups -OCH3 is 1. The van der Waals surface area contributed by atoms with Gasteiger partial charge in [0.1, 0.15) is 11.5 Å². The fourth-order valence-corrected chi connectivity index (χ4v) is 4.61. The van der Waals surface area contributed by atoms with Crippen molar-refractivity contribution >= 4 is 17.5 Å². The lowest BCUT2D eigenvalue weighted by molar-refractivity contribution is 0.0342. The molecular formula is C27H34ClN5O4. The van der Waals surface area contributed by atoms with Crippen molar-refractivity contribution in [2.75, 3.05) is 33.4 Å². The van der Waals surface area contributed by atoms with Gasteiger partial charge >= 0.3 is 0 Å². The second-order valence-electron chi connectivity index (χ2n) is 9.74. The third-order valence-electron chi connectivity index (χ3n) is 6.29. The smallest absolute Gasteiger partial charge is 0.289 e. The van der Waals surface area contributed by atoms with Crippen molar-refractivity contribution in [2.24, 2.45) is 0 Å². The van der Waals surface area contributed by atoms with Crippen molar-refractivity contribution in [3.63, 3.8) is 0 Å². The molecule has 198 valence electrons. The molecule has 3 aromatic rings. The van der Waals surface area contributed by atoms with Gasteiger partial charge in [-0.15, -0.1) is 10.2 Å². The van der Waals surface area contributed by atoms with Crippen LogP contribution in [0.4, 0.5) is 0 Å². The van der Waals surface area contributed by atoms with E-state index in [1.54, 1.807) is 23.8 Å². The van der Waals surface area contributed by atoms with Crippen LogP contribution in [0.3, 0.4) is 0 Å². The maximum absolute atomic E-state index is 13.1. The van der Waals surface area contributed by atoms with Gasteiger partial charge in [-0.05, 0) is 49.1 Å². The monoisotopic (exact) mass is 527 g/mol. The van der Waals surface area contributed by atoms with E-state index in [0.29, 0.717) is 47.6 Å². The topological polar surface area (TPSA) is 102 Å². The summed E-state index contributed by atoms with van der Waals surface area (Å²) in [5.41, 5.74) is 2.93. The predicted molar refractivity (Wildman–Crippen MR) is 143 cm³/mol. The highest BCUT2D eigenvalue weighted by Crippen LogP contribution is 2.39. The summed E-state index contributed by atoms with van der Waals surface area (Å²) < 4.78 is 12.6. The standard InChI is InChI=1S/C27H34ClN5O4/c1-16(2)20-13-21(23(34)14-24(20)36-5)25-30-31-26(27(35)29-17(3)4)33(25)19-7-6-18(22(28)12-19)15-32-8-10-37-11-9-32/h6-7,12-14,16-17,34H,8-11,15H2,1-5H3,(H,29,35). The lowest BCUT2D eigenvalue weighted by Crippen LogP contribution is -2.35. The molecule has 1 aromatic heterocycles. The number of morpholine rings is 1. The number of aromatic nitrogens is 3. The first kappa shape index (κ1) is 26.9. The lowest BCUT2D eigenvalue weighted by Gasteiger charge is -2.27. The molecule has 9 nitrogen and oxygen atoms in total. The molecule has 0 spiro atoms. The second kappa shape index (κ2) is 11.5. The number of aromatic hydroxyl groups is 1. The number of halogens is 1. The van der Waals surface area contributed by atoms with Crippen molar-refractivity contribution in [1.29, 1.82) is 0 Å². The maximum Gasteiger partial charge on any atom is 0.289 e. The highest BCUT2D eigenvalue weighted by Gasteiger charge is 2.25. The Balaban J connectivity index is 1.82. The minimum atomic E-state index is -0.376. The number of nitrogens with zero attached hydrogens (tertiary/aromatic N) is 4. The summed E-state index contributed by atoms with van der Waals surface area (Å²) in [6.07, 6.45) is 0. The quantitative estimate of drug-likeness (QED) is 0.448. The van der Waals surface area contributed by atoms with Crippen LogP contribution in [-0.4, -0.2) is 70.1 Å². The number of nitrogens with one attached hydrogen (secondary N) is 1. The summed E-state index contributed by atoms with van der Waals surface area (Å²) in [7, 11) is 1.57. The average molecular weight is 528 g/mol. The molecule has 2 aromatic carbocycles. The highest BCUT2D eigenvalue weighted by molar-refractivity contribution is 6.31.